The summed E-state index contributed by atoms with van der Waals surface area (Å²) in [5, 5.41) is 13.1. The van der Waals surface area contributed by atoms with Crippen LogP contribution in [0.2, 0.25) is 0 Å². The molecule has 0 saturated carbocycles. The first-order chi connectivity index (χ1) is 20.7. The molecule has 1 heterocycles. The number of fused-ring (bicyclic) bond motifs is 1. The average molecular weight is 633 g/mol. The summed E-state index contributed by atoms with van der Waals surface area (Å²) in [6.45, 7) is 9.27. The Bertz CT molecular complexity index is 1350. The maximum absolute atomic E-state index is 14.0. The minimum absolute atomic E-state index is 0.00500. The summed E-state index contributed by atoms with van der Waals surface area (Å²) in [5.74, 6) is -0.0123. The quantitative estimate of drug-likeness (QED) is 0.287. The van der Waals surface area contributed by atoms with Gasteiger partial charge in [-0.15, -0.1) is 0 Å². The van der Waals surface area contributed by atoms with Gasteiger partial charge in [0.25, 0.3) is 5.91 Å². The van der Waals surface area contributed by atoms with Gasteiger partial charge in [-0.25, -0.2) is 13.4 Å². The van der Waals surface area contributed by atoms with Gasteiger partial charge in [0.1, 0.15) is 0 Å². The van der Waals surface area contributed by atoms with E-state index in [1.165, 1.54) is 21.4 Å². The Hall–Kier alpha value is -3.19. The van der Waals surface area contributed by atoms with Gasteiger partial charge in [0.15, 0.2) is 11.5 Å². The van der Waals surface area contributed by atoms with E-state index in [1.54, 1.807) is 32.0 Å². The molecule has 2 amide bonds. The molecule has 3 rings (SSSR count). The first-order valence-electron chi connectivity index (χ1n) is 15.2. The van der Waals surface area contributed by atoms with Crippen LogP contribution in [0.3, 0.4) is 0 Å². The van der Waals surface area contributed by atoms with E-state index in [1.807, 2.05) is 58.0 Å². The molecule has 0 aliphatic carbocycles. The van der Waals surface area contributed by atoms with Crippen LogP contribution in [0.5, 0.6) is 11.5 Å². The molecule has 4 atom stereocenters. The van der Waals surface area contributed by atoms with Crippen LogP contribution in [0.1, 0.15) is 53.0 Å². The molecule has 0 saturated heterocycles. The van der Waals surface area contributed by atoms with Crippen LogP contribution in [0.25, 0.3) is 0 Å². The Kier molecular flexibility index (Phi) is 12.6. The largest absolute Gasteiger partial charge is 0.451 e. The van der Waals surface area contributed by atoms with Crippen LogP contribution < -0.4 is 14.9 Å². The molecular formula is C32H48N4O7S. The summed E-state index contributed by atoms with van der Waals surface area (Å²) in [6.07, 6.45) is -0.782. The number of benzene rings is 2. The number of nitrogens with zero attached hydrogens (tertiary/aromatic N) is 3. The van der Waals surface area contributed by atoms with E-state index in [0.717, 1.165) is 12.0 Å². The first-order valence-corrected chi connectivity index (χ1v) is 16.6. The Morgan fingerprint density at radius 3 is 2.27 bits per heavy atom. The zero-order chi connectivity index (χ0) is 32.6. The first kappa shape index (κ1) is 35.3. The minimum Gasteiger partial charge on any atom is -0.451 e. The van der Waals surface area contributed by atoms with Crippen molar-refractivity contribution in [3.63, 3.8) is 0 Å². The van der Waals surface area contributed by atoms with Crippen molar-refractivity contribution in [1.82, 2.24) is 19.6 Å². The summed E-state index contributed by atoms with van der Waals surface area (Å²) in [4.78, 5) is 28.4. The summed E-state index contributed by atoms with van der Waals surface area (Å²) in [7, 11) is -0.619. The Morgan fingerprint density at radius 1 is 1.00 bits per heavy atom. The summed E-state index contributed by atoms with van der Waals surface area (Å²) >= 11 is 0. The zero-order valence-corrected chi connectivity index (χ0v) is 27.7. The number of carbonyl (C=O) groups excluding carboxylic acids is 2. The molecule has 0 radical (unpaired) electrons. The van der Waals surface area contributed by atoms with Gasteiger partial charge in [-0.3, -0.25) is 15.0 Å². The van der Waals surface area contributed by atoms with Gasteiger partial charge in [0.05, 0.1) is 23.6 Å². The lowest BCUT2D eigenvalue weighted by Gasteiger charge is -2.37. The van der Waals surface area contributed by atoms with E-state index >= 15 is 0 Å². The fourth-order valence-corrected chi connectivity index (χ4v) is 6.60. The van der Waals surface area contributed by atoms with E-state index in [9.17, 15) is 23.1 Å². The predicted octanol–water partition coefficient (Wildman–Crippen LogP) is 3.28. The number of likely N-dealkylation sites (N-methyl/N-ethyl adjacent to an activating group) is 1. The van der Waals surface area contributed by atoms with E-state index < -0.39 is 34.4 Å². The van der Waals surface area contributed by atoms with Gasteiger partial charge in [-0.1, -0.05) is 64.4 Å². The van der Waals surface area contributed by atoms with E-state index in [-0.39, 0.29) is 55.1 Å². The van der Waals surface area contributed by atoms with Gasteiger partial charge >= 0.3 is 0 Å². The Labute approximate surface area is 262 Å². The van der Waals surface area contributed by atoms with Crippen LogP contribution in [0.15, 0.2) is 53.4 Å². The molecule has 44 heavy (non-hydrogen) atoms. The average Bonchev–Trinajstić information content (AvgIpc) is 3.33. The molecule has 1 unspecified atom stereocenters. The molecule has 1 aliphatic rings. The lowest BCUT2D eigenvalue weighted by molar-refractivity contribution is -0.148. The van der Waals surface area contributed by atoms with Crippen LogP contribution in [-0.4, -0.2) is 91.7 Å². The minimum atomic E-state index is -4.10. The lowest BCUT2D eigenvalue weighted by Crippen LogP contribution is -2.60. The third kappa shape index (κ3) is 9.65. The summed E-state index contributed by atoms with van der Waals surface area (Å²) in [6, 6.07) is 12.8. The third-order valence-electron chi connectivity index (χ3n) is 7.36. The number of aliphatic hydroxyl groups is 1. The molecule has 11 nitrogen and oxygen atoms in total. The lowest BCUT2D eigenvalue weighted by atomic mass is 9.98. The van der Waals surface area contributed by atoms with E-state index in [2.05, 4.69) is 5.43 Å². The standard InChI is InChI=1S/C32H48N4O7S/c1-8-23(4)16-32(39)36(33-31(38)21-34(6)7)27(17-25-12-10-9-11-13-25)28(37)20-35(19-22(2)3)44(40,41)26-14-15-29-30(18-26)43-24(5)42-29/h9-15,18,22-24,27-28,37H,8,16-17,19-21H2,1-7H3,(H,33,38)/t23-,24?,27-,28+/m0/s1. The maximum Gasteiger partial charge on any atom is 0.252 e. The second-order valence-corrected chi connectivity index (χ2v) is 14.1. The van der Waals surface area contributed by atoms with Crippen LogP contribution in [-0.2, 0) is 26.0 Å². The molecule has 244 valence electrons. The fraction of sp³-hybridized carbons (Fsp3) is 0.562. The SMILES string of the molecule is CC[C@H](C)CC(=O)N(NC(=O)CN(C)C)[C@@H](Cc1ccccc1)[C@H](O)CN(CC(C)C)S(=O)(=O)c1ccc2c(c1)OC(C)O2. The highest BCUT2D eigenvalue weighted by molar-refractivity contribution is 7.89. The number of aliphatic hydroxyl groups excluding tert-OH is 1. The van der Waals surface area contributed by atoms with Gasteiger partial charge in [-0.2, -0.15) is 4.31 Å². The number of rotatable bonds is 15. The van der Waals surface area contributed by atoms with Crippen molar-refractivity contribution >= 4 is 21.8 Å². The highest BCUT2D eigenvalue weighted by Crippen LogP contribution is 2.37. The monoisotopic (exact) mass is 632 g/mol. The molecule has 0 bridgehead atoms. The molecule has 12 heteroatoms. The number of hydrogen-bond donors (Lipinski definition) is 2. The number of ether oxygens (including phenoxy) is 2. The van der Waals surface area contributed by atoms with Crippen LogP contribution >= 0.6 is 0 Å². The topological polar surface area (TPSA) is 129 Å². The highest BCUT2D eigenvalue weighted by atomic mass is 32.2. The fourth-order valence-electron chi connectivity index (χ4n) is 4.96. The number of hydrazine groups is 1. The Morgan fingerprint density at radius 2 is 1.66 bits per heavy atom. The number of sulfonamides is 1. The van der Waals surface area contributed by atoms with Gasteiger partial charge in [0.2, 0.25) is 22.2 Å². The second-order valence-electron chi connectivity index (χ2n) is 12.2. The molecule has 2 N–H and O–H groups in total. The molecule has 0 spiro atoms. The second kappa shape index (κ2) is 15.7. The smallest absolute Gasteiger partial charge is 0.252 e. The van der Waals surface area contributed by atoms with Gasteiger partial charge in [0, 0.05) is 32.5 Å². The normalized spacial score (nSPS) is 16.7. The Balaban J connectivity index is 2.01. The molecule has 0 fully saturated rings. The number of amides is 2. The molecule has 1 aliphatic heterocycles. The number of nitrogens with one attached hydrogen (secondary N) is 1. The van der Waals surface area contributed by atoms with E-state index in [0.29, 0.717) is 11.5 Å². The van der Waals surface area contributed by atoms with Crippen molar-refractivity contribution < 1.29 is 32.6 Å². The van der Waals surface area contributed by atoms with Crippen molar-refractivity contribution in [1.29, 1.82) is 0 Å². The molecule has 0 aromatic heterocycles. The molecule has 2 aromatic carbocycles. The van der Waals surface area contributed by atoms with Crippen molar-refractivity contribution in [2.45, 2.75) is 77.2 Å². The maximum atomic E-state index is 14.0. The van der Waals surface area contributed by atoms with Crippen molar-refractivity contribution in [2.75, 3.05) is 33.7 Å². The predicted molar refractivity (Wildman–Crippen MR) is 168 cm³/mol. The van der Waals surface area contributed by atoms with Crippen molar-refractivity contribution in [3.8, 4) is 11.5 Å². The van der Waals surface area contributed by atoms with Crippen LogP contribution in [0, 0.1) is 11.8 Å². The highest BCUT2D eigenvalue weighted by Gasteiger charge is 2.37. The van der Waals surface area contributed by atoms with E-state index in [4.69, 9.17) is 9.47 Å². The van der Waals surface area contributed by atoms with Crippen molar-refractivity contribution in [2.24, 2.45) is 11.8 Å². The zero-order valence-electron chi connectivity index (χ0n) is 26.9. The van der Waals surface area contributed by atoms with Crippen LogP contribution in [0.4, 0.5) is 0 Å². The van der Waals surface area contributed by atoms with Gasteiger partial charge < -0.3 is 19.5 Å². The van der Waals surface area contributed by atoms with Crippen molar-refractivity contribution in [3.05, 3.63) is 54.1 Å². The molecule has 2 aromatic rings. The number of carbonyl (C=O) groups is 2. The summed E-state index contributed by atoms with van der Waals surface area (Å²) < 4.78 is 40.4. The van der Waals surface area contributed by atoms with Gasteiger partial charge in [-0.05, 0) is 50.0 Å². The number of hydrogen-bond acceptors (Lipinski definition) is 8. The third-order valence-corrected chi connectivity index (χ3v) is 9.18. The molecular weight excluding hydrogens is 584 g/mol. The summed E-state index contributed by atoms with van der Waals surface area (Å²) in [5.41, 5.74) is 3.56.